The summed E-state index contributed by atoms with van der Waals surface area (Å²) in [6, 6.07) is 9.93. The zero-order valence-electron chi connectivity index (χ0n) is 19.4. The first-order valence-electron chi connectivity index (χ1n) is 11.4. The first kappa shape index (κ1) is 23.5. The molecular weight excluding hydrogens is 446 g/mol. The number of para-hydroxylation sites is 1. The number of hydrogen-bond donors (Lipinski definition) is 1. The minimum absolute atomic E-state index is 0.0224. The van der Waals surface area contributed by atoms with Gasteiger partial charge in [0.1, 0.15) is 16.6 Å². The lowest BCUT2D eigenvalue weighted by atomic mass is 9.95. The van der Waals surface area contributed by atoms with E-state index in [0.717, 1.165) is 58.3 Å². The van der Waals surface area contributed by atoms with Crippen LogP contribution in [0.4, 0.5) is 5.00 Å². The van der Waals surface area contributed by atoms with Crippen LogP contribution in [-0.2, 0) is 28.9 Å². The van der Waals surface area contributed by atoms with E-state index in [4.69, 9.17) is 4.74 Å². The van der Waals surface area contributed by atoms with Crippen LogP contribution in [0.1, 0.15) is 51.8 Å². The van der Waals surface area contributed by atoms with Gasteiger partial charge in [0.25, 0.3) is 5.91 Å². The molecular formula is C27H27N3O3S. The molecule has 0 fully saturated rings. The van der Waals surface area contributed by atoms with Gasteiger partial charge in [-0.1, -0.05) is 24.3 Å². The molecule has 0 bridgehead atoms. The van der Waals surface area contributed by atoms with Crippen molar-refractivity contribution < 1.29 is 14.3 Å². The summed E-state index contributed by atoms with van der Waals surface area (Å²) in [7, 11) is 0. The van der Waals surface area contributed by atoms with E-state index in [1.165, 1.54) is 11.3 Å². The van der Waals surface area contributed by atoms with E-state index < -0.39 is 11.9 Å². The lowest BCUT2D eigenvalue weighted by Crippen LogP contribution is -2.16. The molecule has 4 rings (SSSR count). The monoisotopic (exact) mass is 473 g/mol. The number of anilines is 1. The van der Waals surface area contributed by atoms with Crippen LogP contribution in [0.2, 0.25) is 0 Å². The molecule has 2 aromatic heterocycles. The Balaban J connectivity index is 1.73. The summed E-state index contributed by atoms with van der Waals surface area (Å²) < 4.78 is 7.38. The molecule has 6 nitrogen and oxygen atoms in total. The molecule has 34 heavy (non-hydrogen) atoms. The van der Waals surface area contributed by atoms with Gasteiger partial charge in [-0.2, -0.15) is 5.26 Å². The number of aromatic nitrogens is 1. The number of amides is 1. The van der Waals surface area contributed by atoms with Gasteiger partial charge in [0.05, 0.1) is 12.2 Å². The number of carbonyl (C=O) groups excluding carboxylic acids is 2. The molecule has 1 N–H and O–H groups in total. The second-order valence-corrected chi connectivity index (χ2v) is 9.28. The molecule has 7 heteroatoms. The van der Waals surface area contributed by atoms with Gasteiger partial charge in [-0.25, -0.2) is 4.79 Å². The number of hydrogen-bond acceptors (Lipinski definition) is 5. The number of nitrogens with one attached hydrogen (secondary N) is 1. The molecule has 1 aliphatic rings. The maximum atomic E-state index is 13.2. The van der Waals surface area contributed by atoms with Gasteiger partial charge in [0.2, 0.25) is 0 Å². The van der Waals surface area contributed by atoms with Gasteiger partial charge in [-0.05, 0) is 57.2 Å². The summed E-state index contributed by atoms with van der Waals surface area (Å²) in [6.45, 7) is 8.45. The number of esters is 1. The van der Waals surface area contributed by atoms with E-state index in [1.54, 1.807) is 13.0 Å². The normalized spacial score (nSPS) is 13.3. The molecule has 0 saturated heterocycles. The van der Waals surface area contributed by atoms with Crippen LogP contribution >= 0.6 is 11.3 Å². The summed E-state index contributed by atoms with van der Waals surface area (Å²) in [5.74, 6) is -0.963. The van der Waals surface area contributed by atoms with E-state index in [2.05, 4.69) is 16.5 Å². The predicted octanol–water partition coefficient (Wildman–Crippen LogP) is 5.80. The Morgan fingerprint density at radius 2 is 2.06 bits per heavy atom. The van der Waals surface area contributed by atoms with Crippen molar-refractivity contribution in [3.8, 4) is 6.07 Å². The number of fused-ring (bicyclic) bond motifs is 2. The summed E-state index contributed by atoms with van der Waals surface area (Å²) >= 11 is 1.41. The Labute approximate surface area is 203 Å². The largest absolute Gasteiger partial charge is 0.462 e. The number of nitrogens with zero attached hydrogens (tertiary/aromatic N) is 2. The van der Waals surface area contributed by atoms with E-state index in [1.807, 2.05) is 43.3 Å². The first-order valence-corrected chi connectivity index (χ1v) is 12.2. The summed E-state index contributed by atoms with van der Waals surface area (Å²) in [6.07, 6.45) is 7.18. The standard InChI is InChI=1S/C27H27N3O3S/c1-4-14-30-17(3)21(19-10-6-8-12-22(19)30)15-18(16-28)25(31)29-26-24(27(32)33-5-2)20-11-7-9-13-23(20)34-26/h4,6,8,10,12,15H,1,5,7,9,11,13-14H2,2-3H3,(H,29,31)/b18-15+. The number of allylic oxidation sites excluding steroid dienone is 1. The molecule has 2 heterocycles. The fourth-order valence-corrected chi connectivity index (χ4v) is 5.81. The van der Waals surface area contributed by atoms with E-state index in [9.17, 15) is 14.9 Å². The number of benzene rings is 1. The minimum Gasteiger partial charge on any atom is -0.462 e. The maximum Gasteiger partial charge on any atom is 0.341 e. The third-order valence-electron chi connectivity index (χ3n) is 6.12. The van der Waals surface area contributed by atoms with Gasteiger partial charge in [0, 0.05) is 33.6 Å². The molecule has 174 valence electrons. The third-order valence-corrected chi connectivity index (χ3v) is 7.33. The van der Waals surface area contributed by atoms with Gasteiger partial charge in [-0.15, -0.1) is 17.9 Å². The molecule has 3 aromatic rings. The highest BCUT2D eigenvalue weighted by atomic mass is 32.1. The number of rotatable bonds is 7. The highest BCUT2D eigenvalue weighted by molar-refractivity contribution is 7.17. The van der Waals surface area contributed by atoms with Crippen molar-refractivity contribution >= 4 is 45.2 Å². The predicted molar refractivity (Wildman–Crippen MR) is 136 cm³/mol. The van der Waals surface area contributed by atoms with Crippen LogP contribution in [0.3, 0.4) is 0 Å². The smallest absolute Gasteiger partial charge is 0.341 e. The fourth-order valence-electron chi connectivity index (χ4n) is 4.54. The number of carbonyl (C=O) groups is 2. The molecule has 1 amide bonds. The Bertz CT molecular complexity index is 1350. The van der Waals surface area contributed by atoms with Crippen LogP contribution in [0, 0.1) is 18.3 Å². The zero-order valence-corrected chi connectivity index (χ0v) is 20.3. The van der Waals surface area contributed by atoms with E-state index in [0.29, 0.717) is 17.1 Å². The Hall–Kier alpha value is -3.63. The topological polar surface area (TPSA) is 84.1 Å². The number of aryl methyl sites for hydroxylation is 1. The molecule has 0 atom stereocenters. The van der Waals surface area contributed by atoms with Gasteiger partial charge >= 0.3 is 5.97 Å². The highest BCUT2D eigenvalue weighted by Gasteiger charge is 2.28. The van der Waals surface area contributed by atoms with Crippen LogP contribution in [0.25, 0.3) is 17.0 Å². The second-order valence-electron chi connectivity index (χ2n) is 8.17. The van der Waals surface area contributed by atoms with Crippen molar-refractivity contribution in [1.29, 1.82) is 5.26 Å². The van der Waals surface area contributed by atoms with Crippen LogP contribution in [0.5, 0.6) is 0 Å². The van der Waals surface area contributed by atoms with Crippen molar-refractivity contribution in [3.05, 3.63) is 69.8 Å². The molecule has 0 saturated carbocycles. The average molecular weight is 474 g/mol. The Morgan fingerprint density at radius 1 is 1.29 bits per heavy atom. The number of ether oxygens (including phenoxy) is 1. The molecule has 0 radical (unpaired) electrons. The van der Waals surface area contributed by atoms with Crippen molar-refractivity contribution in [3.63, 3.8) is 0 Å². The molecule has 1 aromatic carbocycles. The van der Waals surface area contributed by atoms with Crippen LogP contribution in [-0.4, -0.2) is 23.1 Å². The SMILES string of the molecule is C=CCn1c(C)c(/C=C(\C#N)C(=O)Nc2sc3c(c2C(=O)OCC)CCCC3)c2ccccc21. The van der Waals surface area contributed by atoms with Crippen LogP contribution < -0.4 is 5.32 Å². The van der Waals surface area contributed by atoms with Crippen molar-refractivity contribution in [2.24, 2.45) is 0 Å². The number of thiophene rings is 1. The van der Waals surface area contributed by atoms with Crippen molar-refractivity contribution in [2.75, 3.05) is 11.9 Å². The molecule has 0 unspecified atom stereocenters. The van der Waals surface area contributed by atoms with Crippen molar-refractivity contribution in [1.82, 2.24) is 4.57 Å². The fraction of sp³-hybridized carbons (Fsp3) is 0.296. The zero-order chi connectivity index (χ0) is 24.2. The lowest BCUT2D eigenvalue weighted by molar-refractivity contribution is -0.112. The minimum atomic E-state index is -0.536. The highest BCUT2D eigenvalue weighted by Crippen LogP contribution is 2.39. The molecule has 1 aliphatic carbocycles. The second kappa shape index (κ2) is 10.1. The Kier molecular flexibility index (Phi) is 6.99. The van der Waals surface area contributed by atoms with Crippen molar-refractivity contribution in [2.45, 2.75) is 46.1 Å². The third kappa shape index (κ3) is 4.29. The summed E-state index contributed by atoms with van der Waals surface area (Å²) in [5.41, 5.74) is 4.16. The summed E-state index contributed by atoms with van der Waals surface area (Å²) in [5, 5.41) is 14.1. The average Bonchev–Trinajstić information content (AvgIpc) is 3.32. The summed E-state index contributed by atoms with van der Waals surface area (Å²) in [4.78, 5) is 27.0. The first-order chi connectivity index (χ1) is 16.5. The van der Waals surface area contributed by atoms with E-state index in [-0.39, 0.29) is 12.2 Å². The molecule has 0 spiro atoms. The molecule has 0 aliphatic heterocycles. The number of nitriles is 1. The van der Waals surface area contributed by atoms with Gasteiger partial charge in [-0.3, -0.25) is 4.79 Å². The van der Waals surface area contributed by atoms with E-state index >= 15 is 0 Å². The quantitative estimate of drug-likeness (QED) is 0.203. The van der Waals surface area contributed by atoms with Gasteiger partial charge < -0.3 is 14.6 Å². The van der Waals surface area contributed by atoms with Crippen LogP contribution in [0.15, 0.2) is 42.5 Å². The maximum absolute atomic E-state index is 13.2. The Morgan fingerprint density at radius 3 is 2.79 bits per heavy atom. The van der Waals surface area contributed by atoms with Gasteiger partial charge in [0.15, 0.2) is 0 Å². The lowest BCUT2D eigenvalue weighted by Gasteiger charge is -2.12.